The van der Waals surface area contributed by atoms with Crippen LogP contribution in [-0.4, -0.2) is 10.8 Å². The summed E-state index contributed by atoms with van der Waals surface area (Å²) in [6.45, 7) is 2.89. The van der Waals surface area contributed by atoms with Crippen molar-refractivity contribution < 1.29 is 9.21 Å². The molecule has 2 aromatic carbocycles. The maximum Gasteiger partial charge on any atom is 0.349 e. The highest BCUT2D eigenvalue weighted by Crippen LogP contribution is 2.19. The van der Waals surface area contributed by atoms with E-state index < -0.39 is 5.63 Å². The smallest absolute Gasteiger partial charge is 0.349 e. The lowest BCUT2D eigenvalue weighted by atomic mass is 10.1. The molecule has 5 heteroatoms. The van der Waals surface area contributed by atoms with Crippen LogP contribution in [0.3, 0.4) is 0 Å². The molecule has 0 aliphatic rings. The SMILES string of the molecule is Cc1ccc(CN(Cc2cccs2)C(=O)c2cc3ccccc3oc2=O)cc1. The maximum atomic E-state index is 13.3. The number of fused-ring (bicyclic) bond motifs is 1. The molecule has 0 saturated carbocycles. The van der Waals surface area contributed by atoms with Crippen LogP contribution < -0.4 is 5.63 Å². The van der Waals surface area contributed by atoms with E-state index in [4.69, 9.17) is 4.42 Å². The van der Waals surface area contributed by atoms with Crippen molar-refractivity contribution >= 4 is 28.2 Å². The molecular formula is C23H19NO3S. The Balaban J connectivity index is 1.70. The molecule has 0 aliphatic heterocycles. The number of aryl methyl sites for hydroxylation is 1. The van der Waals surface area contributed by atoms with Gasteiger partial charge in [0.05, 0.1) is 6.54 Å². The molecule has 0 unspecified atom stereocenters. The minimum absolute atomic E-state index is 0.0577. The number of amides is 1. The van der Waals surface area contributed by atoms with Crippen LogP contribution >= 0.6 is 11.3 Å². The van der Waals surface area contributed by atoms with Gasteiger partial charge in [0.2, 0.25) is 0 Å². The largest absolute Gasteiger partial charge is 0.422 e. The Labute approximate surface area is 166 Å². The van der Waals surface area contributed by atoms with E-state index in [-0.39, 0.29) is 11.5 Å². The Kier molecular flexibility index (Phi) is 5.08. The molecule has 0 N–H and O–H groups in total. The van der Waals surface area contributed by atoms with E-state index in [0.29, 0.717) is 18.7 Å². The summed E-state index contributed by atoms with van der Waals surface area (Å²) in [4.78, 5) is 28.5. The third-order valence-electron chi connectivity index (χ3n) is 4.58. The molecule has 0 aliphatic carbocycles. The summed E-state index contributed by atoms with van der Waals surface area (Å²) in [5.74, 6) is -0.325. The van der Waals surface area contributed by atoms with Crippen LogP contribution in [0.2, 0.25) is 0 Å². The highest BCUT2D eigenvalue weighted by molar-refractivity contribution is 7.09. The van der Waals surface area contributed by atoms with Crippen molar-refractivity contribution in [1.29, 1.82) is 0 Å². The molecule has 0 radical (unpaired) electrons. The molecule has 0 spiro atoms. The predicted molar refractivity (Wildman–Crippen MR) is 112 cm³/mol. The fourth-order valence-electron chi connectivity index (χ4n) is 3.09. The number of carbonyl (C=O) groups is 1. The van der Waals surface area contributed by atoms with Gasteiger partial charge in [-0.05, 0) is 36.1 Å². The van der Waals surface area contributed by atoms with Gasteiger partial charge in [-0.2, -0.15) is 0 Å². The van der Waals surface area contributed by atoms with Gasteiger partial charge in [0.25, 0.3) is 5.91 Å². The molecule has 2 aromatic heterocycles. The first-order valence-electron chi connectivity index (χ1n) is 9.00. The lowest BCUT2D eigenvalue weighted by molar-refractivity contribution is 0.0727. The van der Waals surface area contributed by atoms with Crippen LogP contribution in [0.25, 0.3) is 11.0 Å². The first-order chi connectivity index (χ1) is 13.6. The number of benzene rings is 2. The van der Waals surface area contributed by atoms with E-state index in [2.05, 4.69) is 0 Å². The van der Waals surface area contributed by atoms with Gasteiger partial charge in [-0.15, -0.1) is 11.3 Å². The number of thiophene rings is 1. The van der Waals surface area contributed by atoms with Crippen LogP contribution in [0.15, 0.2) is 81.3 Å². The van der Waals surface area contributed by atoms with Crippen molar-refractivity contribution in [2.24, 2.45) is 0 Å². The number of para-hydroxylation sites is 1. The third-order valence-corrected chi connectivity index (χ3v) is 5.44. The Morgan fingerprint density at radius 2 is 1.79 bits per heavy atom. The summed E-state index contributed by atoms with van der Waals surface area (Å²) in [5.41, 5.74) is 2.11. The van der Waals surface area contributed by atoms with Gasteiger partial charge in [0.1, 0.15) is 11.1 Å². The lowest BCUT2D eigenvalue weighted by Gasteiger charge is -2.22. The summed E-state index contributed by atoms with van der Waals surface area (Å²) < 4.78 is 5.36. The summed E-state index contributed by atoms with van der Waals surface area (Å²) in [5, 5.41) is 2.71. The minimum atomic E-state index is -0.608. The average Bonchev–Trinajstić information content (AvgIpc) is 3.21. The van der Waals surface area contributed by atoms with Crippen molar-refractivity contribution in [1.82, 2.24) is 4.90 Å². The molecule has 4 aromatic rings. The summed E-state index contributed by atoms with van der Waals surface area (Å²) in [7, 11) is 0. The molecule has 4 nitrogen and oxygen atoms in total. The quantitative estimate of drug-likeness (QED) is 0.451. The van der Waals surface area contributed by atoms with Crippen molar-refractivity contribution in [2.45, 2.75) is 20.0 Å². The van der Waals surface area contributed by atoms with Crippen molar-refractivity contribution in [3.8, 4) is 0 Å². The van der Waals surface area contributed by atoms with E-state index >= 15 is 0 Å². The second-order valence-corrected chi connectivity index (χ2v) is 7.74. The zero-order valence-corrected chi connectivity index (χ0v) is 16.2. The summed E-state index contributed by atoms with van der Waals surface area (Å²) >= 11 is 1.59. The number of hydrogen-bond acceptors (Lipinski definition) is 4. The van der Waals surface area contributed by atoms with Crippen LogP contribution in [0.5, 0.6) is 0 Å². The zero-order chi connectivity index (χ0) is 19.5. The standard InChI is InChI=1S/C23H19NO3S/c1-16-8-10-17(11-9-16)14-24(15-19-6-4-12-28-19)22(25)20-13-18-5-2-3-7-21(18)27-23(20)26/h2-13H,14-15H2,1H3. The molecule has 4 rings (SSSR count). The fraction of sp³-hybridized carbons (Fsp3) is 0.130. The molecule has 0 fully saturated rings. The van der Waals surface area contributed by atoms with E-state index in [1.807, 2.05) is 60.8 Å². The topological polar surface area (TPSA) is 50.5 Å². The number of rotatable bonds is 5. The third kappa shape index (κ3) is 3.89. The van der Waals surface area contributed by atoms with Crippen LogP contribution in [-0.2, 0) is 13.1 Å². The van der Waals surface area contributed by atoms with Gasteiger partial charge >= 0.3 is 5.63 Å². The summed E-state index contributed by atoms with van der Waals surface area (Å²) in [6.07, 6.45) is 0. The fourth-order valence-corrected chi connectivity index (χ4v) is 3.80. The van der Waals surface area contributed by atoms with Gasteiger partial charge in [-0.1, -0.05) is 54.1 Å². The molecule has 2 heterocycles. The zero-order valence-electron chi connectivity index (χ0n) is 15.4. The van der Waals surface area contributed by atoms with Gasteiger partial charge < -0.3 is 9.32 Å². The average molecular weight is 389 g/mol. The first-order valence-corrected chi connectivity index (χ1v) is 9.88. The van der Waals surface area contributed by atoms with E-state index in [0.717, 1.165) is 21.4 Å². The predicted octanol–water partition coefficient (Wildman–Crippen LogP) is 5.01. The van der Waals surface area contributed by atoms with E-state index in [9.17, 15) is 9.59 Å². The van der Waals surface area contributed by atoms with Gasteiger partial charge in [0, 0.05) is 16.8 Å². The number of hydrogen-bond donors (Lipinski definition) is 0. The Morgan fingerprint density at radius 1 is 1.00 bits per heavy atom. The number of nitrogens with zero attached hydrogens (tertiary/aromatic N) is 1. The molecule has 28 heavy (non-hydrogen) atoms. The van der Waals surface area contributed by atoms with Crippen LogP contribution in [0.1, 0.15) is 26.4 Å². The minimum Gasteiger partial charge on any atom is -0.422 e. The van der Waals surface area contributed by atoms with Gasteiger partial charge in [0.15, 0.2) is 0 Å². The van der Waals surface area contributed by atoms with Gasteiger partial charge in [-0.25, -0.2) is 4.79 Å². The molecular weight excluding hydrogens is 370 g/mol. The van der Waals surface area contributed by atoms with Crippen molar-refractivity contribution in [3.05, 3.63) is 104 Å². The van der Waals surface area contributed by atoms with E-state index in [1.54, 1.807) is 34.4 Å². The molecule has 0 saturated heterocycles. The second-order valence-electron chi connectivity index (χ2n) is 6.71. The second kappa shape index (κ2) is 7.82. The number of carbonyl (C=O) groups excluding carboxylic acids is 1. The first kappa shape index (κ1) is 18.2. The Morgan fingerprint density at radius 3 is 2.54 bits per heavy atom. The molecule has 0 bridgehead atoms. The Bertz CT molecular complexity index is 1160. The van der Waals surface area contributed by atoms with Crippen LogP contribution in [0.4, 0.5) is 0 Å². The van der Waals surface area contributed by atoms with E-state index in [1.165, 1.54) is 0 Å². The Hall–Kier alpha value is -3.18. The van der Waals surface area contributed by atoms with Crippen molar-refractivity contribution in [2.75, 3.05) is 0 Å². The summed E-state index contributed by atoms with van der Waals surface area (Å²) in [6, 6.07) is 20.8. The normalized spacial score (nSPS) is 10.9. The van der Waals surface area contributed by atoms with Gasteiger partial charge in [-0.3, -0.25) is 4.79 Å². The molecule has 140 valence electrons. The highest BCUT2D eigenvalue weighted by atomic mass is 32.1. The van der Waals surface area contributed by atoms with Crippen LogP contribution in [0, 0.1) is 6.92 Å². The molecule has 0 atom stereocenters. The maximum absolute atomic E-state index is 13.3. The van der Waals surface area contributed by atoms with Crippen molar-refractivity contribution in [3.63, 3.8) is 0 Å². The molecule has 1 amide bonds. The monoisotopic (exact) mass is 389 g/mol. The highest BCUT2D eigenvalue weighted by Gasteiger charge is 2.21. The lowest BCUT2D eigenvalue weighted by Crippen LogP contribution is -2.33.